The standard InChI is InChI=1S/C17H26N2O4/c1-18(9-13(20)21)7-12-8-19(4-5-23-12)17(22)16-14-10-2-3-11(6-10)15(14)16/h10-12,14-16H,2-9H2,1H3,(H,20,21). The van der Waals surface area contributed by atoms with Crippen molar-refractivity contribution in [2.75, 3.05) is 39.8 Å². The fraction of sp³-hybridized carbons (Fsp3) is 0.882. The molecule has 1 saturated heterocycles. The Morgan fingerprint density at radius 3 is 2.61 bits per heavy atom. The first-order chi connectivity index (χ1) is 11.0. The normalized spacial score (nSPS) is 41.2. The van der Waals surface area contributed by atoms with Crippen LogP contribution in [0.15, 0.2) is 0 Å². The molecule has 6 heteroatoms. The topological polar surface area (TPSA) is 70.1 Å². The molecule has 23 heavy (non-hydrogen) atoms. The third-order valence-corrected chi connectivity index (χ3v) is 6.39. The second-order valence-corrected chi connectivity index (χ2v) is 7.88. The zero-order chi connectivity index (χ0) is 16.1. The van der Waals surface area contributed by atoms with Crippen molar-refractivity contribution in [2.45, 2.75) is 25.4 Å². The minimum absolute atomic E-state index is 0.00391. The largest absolute Gasteiger partial charge is 0.480 e. The number of hydrogen-bond acceptors (Lipinski definition) is 4. The molecular weight excluding hydrogens is 296 g/mol. The highest BCUT2D eigenvalue weighted by Crippen LogP contribution is 2.69. The van der Waals surface area contributed by atoms with Crippen molar-refractivity contribution in [1.82, 2.24) is 9.80 Å². The van der Waals surface area contributed by atoms with E-state index in [4.69, 9.17) is 9.84 Å². The van der Waals surface area contributed by atoms with Crippen LogP contribution in [-0.4, -0.2) is 72.7 Å². The van der Waals surface area contributed by atoms with Gasteiger partial charge in [-0.2, -0.15) is 0 Å². The summed E-state index contributed by atoms with van der Waals surface area (Å²) in [6.07, 6.45) is 3.96. The van der Waals surface area contributed by atoms with Gasteiger partial charge >= 0.3 is 5.97 Å². The summed E-state index contributed by atoms with van der Waals surface area (Å²) in [5.41, 5.74) is 0. The molecule has 4 fully saturated rings. The van der Waals surface area contributed by atoms with Gasteiger partial charge < -0.3 is 14.7 Å². The molecule has 3 saturated carbocycles. The molecular formula is C17H26N2O4. The minimum Gasteiger partial charge on any atom is -0.480 e. The summed E-state index contributed by atoms with van der Waals surface area (Å²) < 4.78 is 5.73. The van der Waals surface area contributed by atoms with Crippen LogP contribution in [0.4, 0.5) is 0 Å². The van der Waals surface area contributed by atoms with Crippen molar-refractivity contribution in [2.24, 2.45) is 29.6 Å². The maximum Gasteiger partial charge on any atom is 0.317 e. The average Bonchev–Trinajstić information content (AvgIpc) is 2.92. The number of morpholine rings is 1. The van der Waals surface area contributed by atoms with Crippen molar-refractivity contribution in [3.63, 3.8) is 0 Å². The van der Waals surface area contributed by atoms with E-state index in [-0.39, 0.29) is 18.6 Å². The Hall–Kier alpha value is -1.14. The number of aliphatic carboxylic acids is 1. The maximum absolute atomic E-state index is 12.9. The van der Waals surface area contributed by atoms with Crippen LogP contribution in [0, 0.1) is 29.6 Å². The second-order valence-electron chi connectivity index (χ2n) is 7.88. The molecule has 5 atom stereocenters. The van der Waals surface area contributed by atoms with Gasteiger partial charge in [-0.3, -0.25) is 14.5 Å². The minimum atomic E-state index is -0.836. The zero-order valence-electron chi connectivity index (χ0n) is 13.7. The highest BCUT2D eigenvalue weighted by Gasteiger charge is 2.68. The van der Waals surface area contributed by atoms with Crippen LogP contribution in [-0.2, 0) is 14.3 Å². The number of likely N-dealkylation sites (N-methyl/N-ethyl adjacent to an activating group) is 1. The fourth-order valence-electron chi connectivity index (χ4n) is 5.54. The Kier molecular flexibility index (Phi) is 3.84. The van der Waals surface area contributed by atoms with Gasteiger partial charge in [0.25, 0.3) is 0 Å². The lowest BCUT2D eigenvalue weighted by atomic mass is 10.0. The number of amides is 1. The molecule has 128 valence electrons. The number of ether oxygens (including phenoxy) is 1. The lowest BCUT2D eigenvalue weighted by molar-refractivity contribution is -0.144. The van der Waals surface area contributed by atoms with E-state index >= 15 is 0 Å². The lowest BCUT2D eigenvalue weighted by Crippen LogP contribution is -2.50. The van der Waals surface area contributed by atoms with E-state index in [1.807, 2.05) is 4.90 Å². The summed E-state index contributed by atoms with van der Waals surface area (Å²) in [4.78, 5) is 27.3. The van der Waals surface area contributed by atoms with E-state index in [0.717, 1.165) is 11.8 Å². The van der Waals surface area contributed by atoms with Gasteiger partial charge in [0.2, 0.25) is 5.91 Å². The van der Waals surface area contributed by atoms with Crippen LogP contribution in [0.25, 0.3) is 0 Å². The van der Waals surface area contributed by atoms with Crippen molar-refractivity contribution in [3.05, 3.63) is 0 Å². The average molecular weight is 322 g/mol. The molecule has 1 amide bonds. The molecule has 2 bridgehead atoms. The van der Waals surface area contributed by atoms with E-state index < -0.39 is 5.97 Å². The quantitative estimate of drug-likeness (QED) is 0.799. The van der Waals surface area contributed by atoms with E-state index in [0.29, 0.717) is 44.0 Å². The first-order valence-electron chi connectivity index (χ1n) is 8.85. The summed E-state index contributed by atoms with van der Waals surface area (Å²) in [5, 5.41) is 8.84. The van der Waals surface area contributed by atoms with E-state index in [2.05, 4.69) is 0 Å². The molecule has 4 aliphatic rings. The summed E-state index contributed by atoms with van der Waals surface area (Å²) in [7, 11) is 1.78. The predicted octanol–water partition coefficient (Wildman–Crippen LogP) is 0.522. The Morgan fingerprint density at radius 2 is 1.96 bits per heavy atom. The Balaban J connectivity index is 1.31. The first-order valence-corrected chi connectivity index (χ1v) is 8.85. The summed E-state index contributed by atoms with van der Waals surface area (Å²) in [5.74, 6) is 2.78. The van der Waals surface area contributed by atoms with Gasteiger partial charge in [-0.25, -0.2) is 0 Å². The number of fused-ring (bicyclic) bond motifs is 5. The number of carbonyl (C=O) groups excluding carboxylic acids is 1. The number of carboxylic acids is 1. The molecule has 0 aromatic heterocycles. The van der Waals surface area contributed by atoms with Gasteiger partial charge in [-0.15, -0.1) is 0 Å². The van der Waals surface area contributed by atoms with E-state index in [1.165, 1.54) is 19.3 Å². The molecule has 4 rings (SSSR count). The smallest absolute Gasteiger partial charge is 0.317 e. The molecule has 0 radical (unpaired) electrons. The lowest BCUT2D eigenvalue weighted by Gasteiger charge is -2.35. The SMILES string of the molecule is CN(CC(=O)O)CC1CN(C(=O)C2C3C4CCC(C4)C23)CCO1. The Labute approximate surface area is 136 Å². The molecule has 1 aliphatic heterocycles. The summed E-state index contributed by atoms with van der Waals surface area (Å²) in [6, 6.07) is 0. The highest BCUT2D eigenvalue weighted by molar-refractivity contribution is 5.83. The van der Waals surface area contributed by atoms with Gasteiger partial charge in [0.15, 0.2) is 0 Å². The molecule has 0 aromatic rings. The molecule has 0 spiro atoms. The monoisotopic (exact) mass is 322 g/mol. The first kappa shape index (κ1) is 15.4. The molecule has 1 N–H and O–H groups in total. The van der Waals surface area contributed by atoms with Crippen LogP contribution in [0.5, 0.6) is 0 Å². The Bertz CT molecular complexity index is 495. The molecule has 3 aliphatic carbocycles. The number of carboxylic acid groups (broad SMARTS) is 1. The number of carbonyl (C=O) groups is 2. The van der Waals surface area contributed by atoms with Gasteiger partial charge in [0.1, 0.15) is 0 Å². The summed E-state index contributed by atoms with van der Waals surface area (Å²) >= 11 is 0. The van der Waals surface area contributed by atoms with Gasteiger partial charge in [-0.05, 0) is 50.0 Å². The fourth-order valence-corrected chi connectivity index (χ4v) is 5.54. The molecule has 1 heterocycles. The van der Waals surface area contributed by atoms with Crippen molar-refractivity contribution in [1.29, 1.82) is 0 Å². The molecule has 0 aromatic carbocycles. The van der Waals surface area contributed by atoms with Crippen molar-refractivity contribution >= 4 is 11.9 Å². The van der Waals surface area contributed by atoms with Crippen LogP contribution in [0.1, 0.15) is 19.3 Å². The number of rotatable bonds is 5. The van der Waals surface area contributed by atoms with Gasteiger partial charge in [0, 0.05) is 25.6 Å². The van der Waals surface area contributed by atoms with Crippen molar-refractivity contribution < 1.29 is 19.4 Å². The van der Waals surface area contributed by atoms with E-state index in [9.17, 15) is 9.59 Å². The van der Waals surface area contributed by atoms with Crippen LogP contribution >= 0.6 is 0 Å². The van der Waals surface area contributed by atoms with Gasteiger partial charge in [0.05, 0.1) is 19.3 Å². The van der Waals surface area contributed by atoms with E-state index in [1.54, 1.807) is 11.9 Å². The highest BCUT2D eigenvalue weighted by atomic mass is 16.5. The summed E-state index contributed by atoms with van der Waals surface area (Å²) in [6.45, 7) is 2.41. The molecule has 6 nitrogen and oxygen atoms in total. The Morgan fingerprint density at radius 1 is 1.26 bits per heavy atom. The van der Waals surface area contributed by atoms with Crippen LogP contribution < -0.4 is 0 Å². The predicted molar refractivity (Wildman–Crippen MR) is 82.8 cm³/mol. The van der Waals surface area contributed by atoms with Crippen molar-refractivity contribution in [3.8, 4) is 0 Å². The zero-order valence-corrected chi connectivity index (χ0v) is 13.7. The van der Waals surface area contributed by atoms with Gasteiger partial charge in [-0.1, -0.05) is 0 Å². The van der Waals surface area contributed by atoms with Crippen LogP contribution in [0.2, 0.25) is 0 Å². The molecule has 5 unspecified atom stereocenters. The third-order valence-electron chi connectivity index (χ3n) is 6.39. The van der Waals surface area contributed by atoms with Crippen LogP contribution in [0.3, 0.4) is 0 Å². The second kappa shape index (κ2) is 5.74. The number of hydrogen-bond donors (Lipinski definition) is 1. The third kappa shape index (κ3) is 2.76. The maximum atomic E-state index is 12.9. The number of nitrogens with zero attached hydrogens (tertiary/aromatic N) is 2.